The van der Waals surface area contributed by atoms with E-state index in [1.807, 2.05) is 23.9 Å². The molecule has 2 aromatic rings. The van der Waals surface area contributed by atoms with Crippen LogP contribution in [0.25, 0.3) is 0 Å². The van der Waals surface area contributed by atoms with Crippen LogP contribution in [-0.2, 0) is 6.42 Å². The zero-order chi connectivity index (χ0) is 18.1. The van der Waals surface area contributed by atoms with Crippen LogP contribution in [0, 0.1) is 0 Å². The molecule has 1 aromatic heterocycles. The highest BCUT2D eigenvalue weighted by atomic mass is 35.5. The molecule has 138 valence electrons. The van der Waals surface area contributed by atoms with Crippen LogP contribution in [0.5, 0.6) is 0 Å². The standard InChI is InChI=1S/C19H24ClN5S/c1-2-15(21)17-18-16(7-12-26-18)22-19(23-17)25-10-8-24(9-11-25)14-5-3-13(20)4-6-14/h3-6,15H,2,7-12,21H2,1H3. The van der Waals surface area contributed by atoms with E-state index in [1.54, 1.807) is 0 Å². The number of thioether (sulfide) groups is 1. The molecule has 5 nitrogen and oxygen atoms in total. The van der Waals surface area contributed by atoms with E-state index in [1.165, 1.54) is 16.3 Å². The summed E-state index contributed by atoms with van der Waals surface area (Å²) in [5, 5.41) is 0.775. The summed E-state index contributed by atoms with van der Waals surface area (Å²) in [5.74, 6) is 1.93. The minimum absolute atomic E-state index is 0.00791. The number of nitrogens with zero attached hydrogens (tertiary/aromatic N) is 4. The van der Waals surface area contributed by atoms with E-state index in [4.69, 9.17) is 27.3 Å². The molecule has 1 unspecified atom stereocenters. The maximum Gasteiger partial charge on any atom is 0.226 e. The molecule has 0 spiro atoms. The number of aryl methyl sites for hydroxylation is 1. The molecule has 0 amide bonds. The Morgan fingerprint density at radius 2 is 1.81 bits per heavy atom. The lowest BCUT2D eigenvalue weighted by atomic mass is 10.1. The normalized spacial score (nSPS) is 18.1. The first-order chi connectivity index (χ1) is 12.7. The Hall–Kier alpha value is -1.50. The third-order valence-electron chi connectivity index (χ3n) is 5.08. The lowest BCUT2D eigenvalue weighted by Gasteiger charge is -2.36. The lowest BCUT2D eigenvalue weighted by molar-refractivity contribution is 0.617. The number of rotatable bonds is 4. The summed E-state index contributed by atoms with van der Waals surface area (Å²) in [5.41, 5.74) is 9.77. The van der Waals surface area contributed by atoms with Gasteiger partial charge in [-0.05, 0) is 30.7 Å². The van der Waals surface area contributed by atoms with Crippen molar-refractivity contribution in [2.24, 2.45) is 5.73 Å². The van der Waals surface area contributed by atoms with Crippen molar-refractivity contribution in [3.05, 3.63) is 40.7 Å². The molecular weight excluding hydrogens is 366 g/mol. The molecule has 2 aliphatic rings. The van der Waals surface area contributed by atoms with Crippen molar-refractivity contribution in [1.29, 1.82) is 0 Å². The maximum absolute atomic E-state index is 6.33. The van der Waals surface area contributed by atoms with Gasteiger partial charge < -0.3 is 15.5 Å². The molecule has 1 aromatic carbocycles. The number of hydrogen-bond donors (Lipinski definition) is 1. The molecule has 0 radical (unpaired) electrons. The average molecular weight is 390 g/mol. The lowest BCUT2D eigenvalue weighted by Crippen LogP contribution is -2.47. The SMILES string of the molecule is CCC(N)c1nc(N2CCN(c3ccc(Cl)cc3)CC2)nc2c1SCC2. The fourth-order valence-electron chi connectivity index (χ4n) is 3.48. The second-order valence-electron chi connectivity index (χ2n) is 6.75. The minimum Gasteiger partial charge on any atom is -0.368 e. The summed E-state index contributed by atoms with van der Waals surface area (Å²) in [7, 11) is 0. The van der Waals surface area contributed by atoms with E-state index in [9.17, 15) is 0 Å². The molecule has 0 bridgehead atoms. The fourth-order valence-corrected chi connectivity index (χ4v) is 4.77. The van der Waals surface area contributed by atoms with E-state index >= 15 is 0 Å². The van der Waals surface area contributed by atoms with Crippen molar-refractivity contribution < 1.29 is 0 Å². The van der Waals surface area contributed by atoms with Crippen molar-refractivity contribution in [2.45, 2.75) is 30.7 Å². The largest absolute Gasteiger partial charge is 0.368 e. The van der Waals surface area contributed by atoms with Gasteiger partial charge in [-0.2, -0.15) is 0 Å². The zero-order valence-electron chi connectivity index (χ0n) is 15.0. The van der Waals surface area contributed by atoms with E-state index in [-0.39, 0.29) is 6.04 Å². The molecule has 2 N–H and O–H groups in total. The topological polar surface area (TPSA) is 58.3 Å². The molecule has 0 saturated carbocycles. The van der Waals surface area contributed by atoms with Crippen LogP contribution in [0.4, 0.5) is 11.6 Å². The summed E-state index contributed by atoms with van der Waals surface area (Å²) in [6, 6.07) is 8.05. The summed E-state index contributed by atoms with van der Waals surface area (Å²) in [6.45, 7) is 5.84. The highest BCUT2D eigenvalue weighted by Crippen LogP contribution is 2.36. The van der Waals surface area contributed by atoms with Gasteiger partial charge in [0.2, 0.25) is 5.95 Å². The van der Waals surface area contributed by atoms with Gasteiger partial charge in [-0.15, -0.1) is 11.8 Å². The molecular formula is C19H24ClN5S. The summed E-state index contributed by atoms with van der Waals surface area (Å²) < 4.78 is 0. The smallest absolute Gasteiger partial charge is 0.226 e. The molecule has 26 heavy (non-hydrogen) atoms. The summed E-state index contributed by atoms with van der Waals surface area (Å²) >= 11 is 7.85. The predicted octanol–water partition coefficient (Wildman–Crippen LogP) is 3.51. The molecule has 2 aliphatic heterocycles. The van der Waals surface area contributed by atoms with Crippen LogP contribution < -0.4 is 15.5 Å². The van der Waals surface area contributed by atoms with Gasteiger partial charge in [0.05, 0.1) is 16.3 Å². The van der Waals surface area contributed by atoms with E-state index in [0.717, 1.165) is 61.4 Å². The Labute approximate surface area is 163 Å². The van der Waals surface area contributed by atoms with Crippen molar-refractivity contribution in [3.8, 4) is 0 Å². The van der Waals surface area contributed by atoms with Crippen molar-refractivity contribution >= 4 is 35.0 Å². The number of fused-ring (bicyclic) bond motifs is 1. The van der Waals surface area contributed by atoms with Crippen LogP contribution in [0.2, 0.25) is 5.02 Å². The average Bonchev–Trinajstić information content (AvgIpc) is 3.16. The minimum atomic E-state index is -0.00791. The molecule has 1 fully saturated rings. The van der Waals surface area contributed by atoms with Crippen molar-refractivity contribution in [1.82, 2.24) is 9.97 Å². The first kappa shape index (κ1) is 17.9. The molecule has 1 atom stereocenters. The molecule has 7 heteroatoms. The molecule has 3 heterocycles. The maximum atomic E-state index is 6.33. The Bertz CT molecular complexity index is 774. The predicted molar refractivity (Wildman–Crippen MR) is 110 cm³/mol. The second-order valence-corrected chi connectivity index (χ2v) is 8.29. The fraction of sp³-hybridized carbons (Fsp3) is 0.474. The van der Waals surface area contributed by atoms with Gasteiger partial charge in [-0.1, -0.05) is 18.5 Å². The van der Waals surface area contributed by atoms with Gasteiger partial charge in [0, 0.05) is 55.1 Å². The highest BCUT2D eigenvalue weighted by molar-refractivity contribution is 7.99. The number of hydrogen-bond acceptors (Lipinski definition) is 6. The Balaban J connectivity index is 1.51. The molecule has 4 rings (SSSR count). The van der Waals surface area contributed by atoms with Crippen LogP contribution in [0.3, 0.4) is 0 Å². The van der Waals surface area contributed by atoms with Gasteiger partial charge in [-0.25, -0.2) is 9.97 Å². The van der Waals surface area contributed by atoms with Crippen molar-refractivity contribution in [2.75, 3.05) is 41.7 Å². The van der Waals surface area contributed by atoms with E-state index in [0.29, 0.717) is 0 Å². The first-order valence-electron chi connectivity index (χ1n) is 9.20. The second kappa shape index (κ2) is 7.62. The number of benzene rings is 1. The zero-order valence-corrected chi connectivity index (χ0v) is 16.6. The van der Waals surface area contributed by atoms with Gasteiger partial charge >= 0.3 is 0 Å². The highest BCUT2D eigenvalue weighted by Gasteiger charge is 2.26. The van der Waals surface area contributed by atoms with Crippen LogP contribution in [-0.4, -0.2) is 41.9 Å². The number of aromatic nitrogens is 2. The monoisotopic (exact) mass is 389 g/mol. The van der Waals surface area contributed by atoms with Crippen LogP contribution in [0.1, 0.15) is 30.8 Å². The third-order valence-corrected chi connectivity index (χ3v) is 6.47. The number of piperazine rings is 1. The van der Waals surface area contributed by atoms with Gasteiger partial charge in [-0.3, -0.25) is 0 Å². The Morgan fingerprint density at radius 3 is 2.50 bits per heavy atom. The summed E-state index contributed by atoms with van der Waals surface area (Å²) in [6.07, 6.45) is 1.91. The molecule has 1 saturated heterocycles. The summed E-state index contributed by atoms with van der Waals surface area (Å²) in [4.78, 5) is 15.6. The van der Waals surface area contributed by atoms with Crippen molar-refractivity contribution in [3.63, 3.8) is 0 Å². The van der Waals surface area contributed by atoms with E-state index in [2.05, 4.69) is 28.9 Å². The van der Waals surface area contributed by atoms with Gasteiger partial charge in [0.1, 0.15) is 0 Å². The number of halogens is 1. The van der Waals surface area contributed by atoms with Gasteiger partial charge in [0.25, 0.3) is 0 Å². The Kier molecular flexibility index (Phi) is 5.25. The molecule has 0 aliphatic carbocycles. The third kappa shape index (κ3) is 3.50. The van der Waals surface area contributed by atoms with Crippen LogP contribution in [0.15, 0.2) is 29.2 Å². The number of anilines is 2. The first-order valence-corrected chi connectivity index (χ1v) is 10.6. The van der Waals surface area contributed by atoms with Gasteiger partial charge in [0.15, 0.2) is 0 Å². The quantitative estimate of drug-likeness (QED) is 0.863. The van der Waals surface area contributed by atoms with Crippen LogP contribution >= 0.6 is 23.4 Å². The Morgan fingerprint density at radius 1 is 1.12 bits per heavy atom. The van der Waals surface area contributed by atoms with E-state index < -0.39 is 0 Å². The number of nitrogens with two attached hydrogens (primary N) is 1.